The van der Waals surface area contributed by atoms with Crippen LogP contribution in [-0.2, 0) is 17.6 Å². The molecule has 3 atom stereocenters. The summed E-state index contributed by atoms with van der Waals surface area (Å²) in [5, 5.41) is 27.2. The van der Waals surface area contributed by atoms with Crippen molar-refractivity contribution in [1.29, 1.82) is 0 Å². The third-order valence-electron chi connectivity index (χ3n) is 10.2. The van der Waals surface area contributed by atoms with Gasteiger partial charge in [-0.25, -0.2) is 9.59 Å². The van der Waals surface area contributed by atoms with E-state index in [1.807, 2.05) is 34.1 Å². The Morgan fingerprint density at radius 3 is 2.33 bits per heavy atom. The van der Waals surface area contributed by atoms with Gasteiger partial charge in [0.15, 0.2) is 0 Å². The number of hydrogen-bond donors (Lipinski definition) is 4. The van der Waals surface area contributed by atoms with Crippen LogP contribution < -0.4 is 10.6 Å². The fourth-order valence-electron chi connectivity index (χ4n) is 7.71. The van der Waals surface area contributed by atoms with Gasteiger partial charge in [-0.15, -0.1) is 0 Å². The molecule has 13 heteroatoms. The number of piperidine rings is 2. The third kappa shape index (κ3) is 7.17. The number of phenols is 1. The number of anilines is 1. The van der Waals surface area contributed by atoms with Crippen molar-refractivity contribution < 1.29 is 24.6 Å². The average molecular weight is 763 g/mol. The number of para-hydroxylation sites is 1. The highest BCUT2D eigenvalue weighted by atomic mass is 79.9. The number of aromatic hydroxyl groups is 1. The number of piperazine rings is 1. The minimum absolute atomic E-state index is 0.0603. The maximum absolute atomic E-state index is 14.6. The van der Waals surface area contributed by atoms with E-state index in [1.165, 1.54) is 4.90 Å². The van der Waals surface area contributed by atoms with Crippen molar-refractivity contribution >= 4 is 55.6 Å². The van der Waals surface area contributed by atoms with E-state index in [4.69, 9.17) is 0 Å². The Morgan fingerprint density at radius 1 is 0.935 bits per heavy atom. The Labute approximate surface area is 286 Å². The van der Waals surface area contributed by atoms with Crippen LogP contribution in [0.15, 0.2) is 45.3 Å². The topological polar surface area (TPSA) is 129 Å². The number of nitrogens with one attached hydrogen (secondary N) is 2. The van der Waals surface area contributed by atoms with Gasteiger partial charge in [0.2, 0.25) is 5.91 Å². The number of fused-ring (bicyclic) bond motifs is 1. The van der Waals surface area contributed by atoms with E-state index in [-0.39, 0.29) is 30.3 Å². The van der Waals surface area contributed by atoms with Crippen LogP contribution in [-0.4, -0.2) is 118 Å². The van der Waals surface area contributed by atoms with Crippen molar-refractivity contribution in [3.05, 3.63) is 56.5 Å². The summed E-state index contributed by atoms with van der Waals surface area (Å²) in [7, 11) is 0. The van der Waals surface area contributed by atoms with Crippen LogP contribution in [0.1, 0.15) is 36.8 Å². The first kappa shape index (κ1) is 33.0. The molecule has 2 aromatic rings. The normalized spacial score (nSPS) is 23.8. The molecule has 0 aliphatic carbocycles. The molecule has 3 saturated heterocycles. The lowest BCUT2D eigenvalue weighted by Gasteiger charge is -2.46. The fraction of sp³-hybridized carbons (Fsp3) is 0.545. The minimum Gasteiger partial charge on any atom is -0.506 e. The van der Waals surface area contributed by atoms with Crippen molar-refractivity contribution in [2.24, 2.45) is 5.92 Å². The molecule has 3 fully saturated rings. The van der Waals surface area contributed by atoms with Gasteiger partial charge in [0.1, 0.15) is 5.75 Å². The largest absolute Gasteiger partial charge is 0.506 e. The molecule has 4 amide bonds. The number of halogens is 2. The quantitative estimate of drug-likeness (QED) is 0.340. The van der Waals surface area contributed by atoms with Gasteiger partial charge in [-0.1, -0.05) is 18.2 Å². The van der Waals surface area contributed by atoms with E-state index in [0.717, 1.165) is 55.8 Å². The lowest BCUT2D eigenvalue weighted by Crippen LogP contribution is -2.60. The zero-order valence-electron chi connectivity index (χ0n) is 25.8. The molecule has 0 radical (unpaired) electrons. The zero-order valence-corrected chi connectivity index (χ0v) is 29.0. The summed E-state index contributed by atoms with van der Waals surface area (Å²) >= 11 is 6.85. The number of nitrogens with zero attached hydrogens (tertiary/aromatic N) is 4. The smallest absolute Gasteiger partial charge is 0.407 e. The van der Waals surface area contributed by atoms with E-state index < -0.39 is 18.1 Å². The summed E-state index contributed by atoms with van der Waals surface area (Å²) in [4.78, 5) is 48.4. The van der Waals surface area contributed by atoms with Gasteiger partial charge in [0.25, 0.3) is 0 Å². The standard InChI is InChI=1S/C33H42Br2N6O5/c34-26-18-21(19-27(35)30(26)42)17-25(31(43)39-15-13-38(14-16-39)23-5-9-36-10-6-23)29-20-24(8-12-41(29)33(45)46)40-11-7-22-3-1-2-4-28(22)37-32(40)44/h1-4,18-19,23-25,29,36,42H,5-17,20H2,(H,37,44)(H,45,46)/t24?,25?,29-/m1/s1. The maximum Gasteiger partial charge on any atom is 0.407 e. The van der Waals surface area contributed by atoms with Crippen LogP contribution in [0, 0.1) is 5.92 Å². The van der Waals surface area contributed by atoms with E-state index in [1.54, 1.807) is 12.1 Å². The van der Waals surface area contributed by atoms with E-state index in [0.29, 0.717) is 60.3 Å². The molecule has 4 heterocycles. The number of carbonyl (C=O) groups is 3. The number of carbonyl (C=O) groups excluding carboxylic acids is 2. The number of hydrogen-bond acceptors (Lipinski definition) is 6. The molecule has 6 rings (SSSR count). The number of phenolic OH excluding ortho intramolecular Hbond substituents is 1. The Hall–Kier alpha value is -2.87. The Morgan fingerprint density at radius 2 is 1.63 bits per heavy atom. The van der Waals surface area contributed by atoms with Crippen molar-refractivity contribution in [3.63, 3.8) is 0 Å². The summed E-state index contributed by atoms with van der Waals surface area (Å²) in [5.41, 5.74) is 2.67. The highest BCUT2D eigenvalue weighted by molar-refractivity contribution is 9.11. The Bertz CT molecular complexity index is 1420. The molecule has 4 aliphatic rings. The van der Waals surface area contributed by atoms with Gasteiger partial charge in [0.05, 0.1) is 14.9 Å². The number of likely N-dealkylation sites (tertiary alicyclic amines) is 1. The minimum atomic E-state index is -1.06. The van der Waals surface area contributed by atoms with Crippen LogP contribution in [0.4, 0.5) is 15.3 Å². The maximum atomic E-state index is 14.6. The molecular weight excluding hydrogens is 720 g/mol. The SMILES string of the molecule is O=C(C(Cc1cc(Br)c(O)c(Br)c1)[C@H]1CC(N2CCc3ccccc3NC2=O)CCN1C(=O)O)N1CCN(C2CCNCC2)CC1. The summed E-state index contributed by atoms with van der Waals surface area (Å²) in [6.45, 7) is 5.56. The summed E-state index contributed by atoms with van der Waals surface area (Å²) in [6.07, 6.45) is 3.00. The van der Waals surface area contributed by atoms with Gasteiger partial charge in [0, 0.05) is 63.1 Å². The third-order valence-corrected chi connectivity index (χ3v) is 11.4. The molecule has 46 heavy (non-hydrogen) atoms. The monoisotopic (exact) mass is 760 g/mol. The number of benzene rings is 2. The van der Waals surface area contributed by atoms with Crippen molar-refractivity contribution in [2.75, 3.05) is 57.7 Å². The highest BCUT2D eigenvalue weighted by Crippen LogP contribution is 2.37. The predicted octanol–water partition coefficient (Wildman–Crippen LogP) is 4.57. The van der Waals surface area contributed by atoms with Crippen LogP contribution in [0.2, 0.25) is 0 Å². The molecule has 2 unspecified atom stereocenters. The Kier molecular flexibility index (Phi) is 10.4. The number of carboxylic acid groups (broad SMARTS) is 1. The molecule has 11 nitrogen and oxygen atoms in total. The molecule has 0 bridgehead atoms. The molecular formula is C33H42Br2N6O5. The van der Waals surface area contributed by atoms with E-state index in [9.17, 15) is 24.6 Å². The second-order valence-electron chi connectivity index (χ2n) is 12.8. The van der Waals surface area contributed by atoms with Gasteiger partial charge in [-0.05, 0) is 113 Å². The lowest BCUT2D eigenvalue weighted by atomic mass is 9.82. The first-order chi connectivity index (χ1) is 22.2. The number of amides is 4. The lowest BCUT2D eigenvalue weighted by molar-refractivity contribution is -0.140. The van der Waals surface area contributed by atoms with Gasteiger partial charge in [-0.3, -0.25) is 9.69 Å². The molecule has 0 aromatic heterocycles. The van der Waals surface area contributed by atoms with Crippen LogP contribution in [0.3, 0.4) is 0 Å². The molecule has 2 aromatic carbocycles. The van der Waals surface area contributed by atoms with Crippen molar-refractivity contribution in [1.82, 2.24) is 24.9 Å². The summed E-state index contributed by atoms with van der Waals surface area (Å²) < 4.78 is 0.993. The number of rotatable bonds is 6. The second kappa shape index (κ2) is 14.5. The molecule has 4 N–H and O–H groups in total. The molecule has 0 spiro atoms. The molecule has 4 aliphatic heterocycles. The van der Waals surface area contributed by atoms with Crippen molar-refractivity contribution in [2.45, 2.75) is 56.7 Å². The highest BCUT2D eigenvalue weighted by Gasteiger charge is 2.44. The molecule has 0 saturated carbocycles. The second-order valence-corrected chi connectivity index (χ2v) is 14.5. The van der Waals surface area contributed by atoms with Crippen LogP contribution in [0.5, 0.6) is 5.75 Å². The predicted molar refractivity (Wildman–Crippen MR) is 182 cm³/mol. The van der Waals surface area contributed by atoms with Crippen molar-refractivity contribution in [3.8, 4) is 5.75 Å². The average Bonchev–Trinajstić information content (AvgIpc) is 3.24. The van der Waals surface area contributed by atoms with Gasteiger partial charge >= 0.3 is 12.1 Å². The summed E-state index contributed by atoms with van der Waals surface area (Å²) in [5.74, 6) is -0.659. The zero-order chi connectivity index (χ0) is 32.4. The molecule has 248 valence electrons. The fourth-order valence-corrected chi connectivity index (χ4v) is 8.99. The van der Waals surface area contributed by atoms with Gasteiger partial charge in [-0.2, -0.15) is 0 Å². The Balaban J connectivity index is 1.26. The van der Waals surface area contributed by atoms with Gasteiger partial charge < -0.3 is 35.5 Å². The van der Waals surface area contributed by atoms with Crippen LogP contribution >= 0.6 is 31.9 Å². The van der Waals surface area contributed by atoms with Crippen LogP contribution in [0.25, 0.3) is 0 Å². The first-order valence-corrected chi connectivity index (χ1v) is 17.8. The van der Waals surface area contributed by atoms with E-state index in [2.05, 4.69) is 47.4 Å². The summed E-state index contributed by atoms with van der Waals surface area (Å²) in [6, 6.07) is 10.8. The first-order valence-electron chi connectivity index (χ1n) is 16.2. The van der Waals surface area contributed by atoms with E-state index >= 15 is 0 Å². The number of urea groups is 1.